The Morgan fingerprint density at radius 3 is 2.20 bits per heavy atom. The number of anilines is 1. The van der Waals surface area contributed by atoms with Gasteiger partial charge in [-0.15, -0.1) is 12.4 Å². The Kier molecular flexibility index (Phi) is 9.35. The van der Waals surface area contributed by atoms with Crippen LogP contribution in [0.4, 0.5) is 5.69 Å². The van der Waals surface area contributed by atoms with Crippen molar-refractivity contribution in [3.8, 4) is 5.75 Å². The highest BCUT2D eigenvalue weighted by molar-refractivity contribution is 6.30. The van der Waals surface area contributed by atoms with E-state index in [1.165, 1.54) is 0 Å². The minimum absolute atomic E-state index is 0. The first-order chi connectivity index (χ1) is 11.6. The second-order valence-electron chi connectivity index (χ2n) is 5.45. The largest absolute Gasteiger partial charge is 0.489 e. The summed E-state index contributed by atoms with van der Waals surface area (Å²) in [6.45, 7) is 6.70. The van der Waals surface area contributed by atoms with Crippen LogP contribution in [0.2, 0.25) is 5.02 Å². The Balaban J connectivity index is 0.00000312. The molecular weight excluding hydrogens is 359 g/mol. The van der Waals surface area contributed by atoms with Gasteiger partial charge in [0.1, 0.15) is 12.4 Å². The van der Waals surface area contributed by atoms with Crippen LogP contribution in [0.5, 0.6) is 5.75 Å². The molecule has 136 valence electrons. The topological polar surface area (TPSA) is 41.6 Å². The minimum Gasteiger partial charge on any atom is -0.489 e. The number of benzene rings is 2. The van der Waals surface area contributed by atoms with Crippen LogP contribution >= 0.6 is 24.0 Å². The number of hydrogen-bond donors (Lipinski definition) is 1. The zero-order valence-electron chi connectivity index (χ0n) is 14.5. The predicted octanol–water partition coefficient (Wildman–Crippen LogP) is 4.62. The molecule has 1 amide bonds. The van der Waals surface area contributed by atoms with Crippen LogP contribution in [0, 0.1) is 0 Å². The molecule has 25 heavy (non-hydrogen) atoms. The molecule has 0 aliphatic heterocycles. The van der Waals surface area contributed by atoms with Crippen molar-refractivity contribution < 1.29 is 9.53 Å². The number of carbonyl (C=O) groups is 1. The zero-order valence-corrected chi connectivity index (χ0v) is 16.1. The molecule has 2 aromatic rings. The van der Waals surface area contributed by atoms with Gasteiger partial charge in [0.2, 0.25) is 5.91 Å². The van der Waals surface area contributed by atoms with E-state index in [4.69, 9.17) is 16.3 Å². The van der Waals surface area contributed by atoms with Gasteiger partial charge >= 0.3 is 0 Å². The van der Waals surface area contributed by atoms with E-state index in [0.717, 1.165) is 30.1 Å². The SMILES string of the molecule is CCN(CC)CC(=O)Nc1ccc(OCc2ccc(Cl)cc2)cc1.Cl. The third-order valence-corrected chi connectivity index (χ3v) is 3.97. The molecule has 0 atom stereocenters. The monoisotopic (exact) mass is 382 g/mol. The summed E-state index contributed by atoms with van der Waals surface area (Å²) in [4.78, 5) is 14.0. The number of likely N-dealkylation sites (N-methyl/N-ethyl adjacent to an activating group) is 1. The molecule has 0 radical (unpaired) electrons. The highest BCUT2D eigenvalue weighted by Gasteiger charge is 2.07. The number of ether oxygens (including phenoxy) is 1. The summed E-state index contributed by atoms with van der Waals surface area (Å²) in [7, 11) is 0. The maximum Gasteiger partial charge on any atom is 0.238 e. The molecule has 0 fully saturated rings. The molecular formula is C19H24Cl2N2O2. The van der Waals surface area contributed by atoms with Crippen LogP contribution in [-0.2, 0) is 11.4 Å². The fraction of sp³-hybridized carbons (Fsp3) is 0.316. The van der Waals surface area contributed by atoms with E-state index in [0.29, 0.717) is 18.2 Å². The lowest BCUT2D eigenvalue weighted by molar-refractivity contribution is -0.117. The van der Waals surface area contributed by atoms with Gasteiger partial charge in [0.25, 0.3) is 0 Å². The van der Waals surface area contributed by atoms with Gasteiger partial charge in [-0.1, -0.05) is 37.6 Å². The molecule has 0 unspecified atom stereocenters. The van der Waals surface area contributed by atoms with E-state index >= 15 is 0 Å². The average molecular weight is 383 g/mol. The molecule has 0 saturated heterocycles. The smallest absolute Gasteiger partial charge is 0.238 e. The summed E-state index contributed by atoms with van der Waals surface area (Å²) in [5.74, 6) is 0.750. The summed E-state index contributed by atoms with van der Waals surface area (Å²) in [5.41, 5.74) is 1.82. The summed E-state index contributed by atoms with van der Waals surface area (Å²) in [5, 5.41) is 3.61. The first-order valence-electron chi connectivity index (χ1n) is 8.10. The molecule has 0 bridgehead atoms. The van der Waals surface area contributed by atoms with Crippen molar-refractivity contribution in [2.75, 3.05) is 25.0 Å². The highest BCUT2D eigenvalue weighted by atomic mass is 35.5. The van der Waals surface area contributed by atoms with Gasteiger partial charge in [-0.3, -0.25) is 9.69 Å². The molecule has 6 heteroatoms. The number of rotatable bonds is 8. The molecule has 0 spiro atoms. The Morgan fingerprint density at radius 2 is 1.64 bits per heavy atom. The van der Waals surface area contributed by atoms with Gasteiger partial charge in [-0.25, -0.2) is 0 Å². The number of halogens is 2. The van der Waals surface area contributed by atoms with Gasteiger partial charge < -0.3 is 10.1 Å². The van der Waals surface area contributed by atoms with E-state index in [-0.39, 0.29) is 18.3 Å². The van der Waals surface area contributed by atoms with Gasteiger partial charge in [-0.2, -0.15) is 0 Å². The average Bonchev–Trinajstić information content (AvgIpc) is 2.60. The lowest BCUT2D eigenvalue weighted by Crippen LogP contribution is -2.32. The Bertz CT molecular complexity index is 641. The maximum atomic E-state index is 12.0. The third-order valence-electron chi connectivity index (χ3n) is 3.72. The van der Waals surface area contributed by atoms with Crippen LogP contribution in [0.3, 0.4) is 0 Å². The van der Waals surface area contributed by atoms with Gasteiger partial charge in [0.15, 0.2) is 0 Å². The van der Waals surface area contributed by atoms with E-state index < -0.39 is 0 Å². The molecule has 0 heterocycles. The number of carbonyl (C=O) groups excluding carboxylic acids is 1. The van der Waals surface area contributed by atoms with Gasteiger partial charge in [-0.05, 0) is 55.1 Å². The number of amides is 1. The van der Waals surface area contributed by atoms with Gasteiger partial charge in [0.05, 0.1) is 6.54 Å². The van der Waals surface area contributed by atoms with Crippen molar-refractivity contribution in [3.05, 3.63) is 59.1 Å². The summed E-state index contributed by atoms with van der Waals surface area (Å²) in [6, 6.07) is 14.9. The summed E-state index contributed by atoms with van der Waals surface area (Å²) < 4.78 is 5.73. The van der Waals surface area contributed by atoms with Crippen LogP contribution < -0.4 is 10.1 Å². The van der Waals surface area contributed by atoms with Crippen molar-refractivity contribution >= 4 is 35.6 Å². The normalized spacial score (nSPS) is 10.2. The first-order valence-corrected chi connectivity index (χ1v) is 8.48. The molecule has 1 N–H and O–H groups in total. The lowest BCUT2D eigenvalue weighted by atomic mass is 10.2. The minimum atomic E-state index is -0.00599. The molecule has 2 rings (SSSR count). The van der Waals surface area contributed by atoms with E-state index in [1.54, 1.807) is 0 Å². The molecule has 0 aromatic heterocycles. The van der Waals surface area contributed by atoms with Crippen molar-refractivity contribution in [3.63, 3.8) is 0 Å². The van der Waals surface area contributed by atoms with Crippen molar-refractivity contribution in [2.45, 2.75) is 20.5 Å². The number of hydrogen-bond acceptors (Lipinski definition) is 3. The van der Waals surface area contributed by atoms with Crippen molar-refractivity contribution in [1.29, 1.82) is 0 Å². The number of nitrogens with zero attached hydrogens (tertiary/aromatic N) is 1. The number of nitrogens with one attached hydrogen (secondary N) is 1. The van der Waals surface area contributed by atoms with Crippen LogP contribution in [0.15, 0.2) is 48.5 Å². The second kappa shape index (κ2) is 11.0. The predicted molar refractivity (Wildman–Crippen MR) is 106 cm³/mol. The first kappa shape index (κ1) is 21.3. The Hall–Kier alpha value is -1.75. The summed E-state index contributed by atoms with van der Waals surface area (Å²) in [6.07, 6.45) is 0. The van der Waals surface area contributed by atoms with E-state index in [2.05, 4.69) is 10.2 Å². The molecule has 0 aliphatic carbocycles. The third kappa shape index (κ3) is 7.34. The molecule has 2 aromatic carbocycles. The Morgan fingerprint density at radius 1 is 1.04 bits per heavy atom. The second-order valence-corrected chi connectivity index (χ2v) is 5.89. The van der Waals surface area contributed by atoms with Crippen LogP contribution in [0.1, 0.15) is 19.4 Å². The highest BCUT2D eigenvalue weighted by Crippen LogP contribution is 2.18. The maximum absolute atomic E-state index is 12.0. The lowest BCUT2D eigenvalue weighted by Gasteiger charge is -2.17. The van der Waals surface area contributed by atoms with Crippen LogP contribution in [0.25, 0.3) is 0 Å². The van der Waals surface area contributed by atoms with Crippen LogP contribution in [-0.4, -0.2) is 30.4 Å². The molecule has 0 saturated carbocycles. The molecule has 4 nitrogen and oxygen atoms in total. The quantitative estimate of drug-likeness (QED) is 0.723. The van der Waals surface area contributed by atoms with Crippen molar-refractivity contribution in [2.24, 2.45) is 0 Å². The zero-order chi connectivity index (χ0) is 17.4. The van der Waals surface area contributed by atoms with Gasteiger partial charge in [0, 0.05) is 10.7 Å². The van der Waals surface area contributed by atoms with E-state index in [1.807, 2.05) is 62.4 Å². The van der Waals surface area contributed by atoms with E-state index in [9.17, 15) is 4.79 Å². The standard InChI is InChI=1S/C19H23ClN2O2.ClH/c1-3-22(4-2)13-19(23)21-17-9-11-18(12-10-17)24-14-15-5-7-16(20)8-6-15;/h5-12H,3-4,13-14H2,1-2H3,(H,21,23);1H. The molecule has 0 aliphatic rings. The van der Waals surface area contributed by atoms with Crippen molar-refractivity contribution in [1.82, 2.24) is 4.90 Å². The fourth-order valence-electron chi connectivity index (χ4n) is 2.23. The Labute approximate surface area is 160 Å². The fourth-order valence-corrected chi connectivity index (χ4v) is 2.36. The summed E-state index contributed by atoms with van der Waals surface area (Å²) >= 11 is 5.86.